The molecule has 1 amide bonds. The highest BCUT2D eigenvalue weighted by molar-refractivity contribution is 6.34. The number of benzene rings is 2. The zero-order chi connectivity index (χ0) is 14.1. The molecule has 0 bridgehead atoms. The van der Waals surface area contributed by atoms with E-state index in [4.69, 9.17) is 0 Å². The number of hydrogen-bond acceptors (Lipinski definition) is 3. The first-order valence-corrected chi connectivity index (χ1v) is 6.02. The number of nitrogens with zero attached hydrogens (tertiary/aromatic N) is 1. The average Bonchev–Trinajstić information content (AvgIpc) is 2.76. The third-order valence-corrected chi connectivity index (χ3v) is 3.10. The lowest BCUT2D eigenvalue weighted by Crippen LogP contribution is -2.03. The van der Waals surface area contributed by atoms with Crippen LogP contribution in [-0.2, 0) is 4.79 Å². The van der Waals surface area contributed by atoms with E-state index in [-0.39, 0.29) is 11.6 Å². The summed E-state index contributed by atoms with van der Waals surface area (Å²) in [4.78, 5) is 22.2. The molecule has 3 rings (SSSR count). The fourth-order valence-electron chi connectivity index (χ4n) is 2.18. The van der Waals surface area contributed by atoms with Gasteiger partial charge in [-0.15, -0.1) is 0 Å². The third kappa shape index (κ3) is 2.05. The Morgan fingerprint density at radius 2 is 1.90 bits per heavy atom. The molecule has 98 valence electrons. The van der Waals surface area contributed by atoms with Gasteiger partial charge in [0.25, 0.3) is 11.6 Å². The van der Waals surface area contributed by atoms with Gasteiger partial charge in [0.15, 0.2) is 0 Å². The van der Waals surface area contributed by atoms with Gasteiger partial charge in [0.1, 0.15) is 0 Å². The van der Waals surface area contributed by atoms with Crippen molar-refractivity contribution in [3.05, 3.63) is 69.8 Å². The topological polar surface area (TPSA) is 72.2 Å². The first kappa shape index (κ1) is 12.1. The largest absolute Gasteiger partial charge is 0.321 e. The Balaban J connectivity index is 2.07. The van der Waals surface area contributed by atoms with E-state index in [0.717, 1.165) is 11.3 Å². The summed E-state index contributed by atoms with van der Waals surface area (Å²) < 4.78 is 0. The van der Waals surface area contributed by atoms with Crippen LogP contribution in [0.25, 0.3) is 11.6 Å². The second-order valence-electron chi connectivity index (χ2n) is 4.41. The van der Waals surface area contributed by atoms with Gasteiger partial charge in [-0.05, 0) is 17.7 Å². The second-order valence-corrected chi connectivity index (χ2v) is 4.41. The Morgan fingerprint density at radius 3 is 2.70 bits per heavy atom. The minimum atomic E-state index is -0.454. The number of anilines is 1. The number of nitro benzene ring substituents is 1. The summed E-state index contributed by atoms with van der Waals surface area (Å²) in [5.41, 5.74) is 2.71. The predicted molar refractivity (Wildman–Crippen MR) is 76.0 cm³/mol. The molecule has 1 heterocycles. The molecule has 0 atom stereocenters. The highest BCUT2D eigenvalue weighted by Crippen LogP contribution is 2.32. The van der Waals surface area contributed by atoms with Crippen LogP contribution in [0.4, 0.5) is 11.4 Å². The molecule has 2 aromatic rings. The fraction of sp³-hybridized carbons (Fsp3) is 0. The number of hydrogen-bond donors (Lipinski definition) is 1. The molecule has 0 saturated heterocycles. The third-order valence-electron chi connectivity index (χ3n) is 3.10. The van der Waals surface area contributed by atoms with Crippen molar-refractivity contribution in [2.45, 2.75) is 0 Å². The summed E-state index contributed by atoms with van der Waals surface area (Å²) in [6, 6.07) is 13.6. The normalized spacial score (nSPS) is 15.0. The van der Waals surface area contributed by atoms with Gasteiger partial charge < -0.3 is 5.32 Å². The van der Waals surface area contributed by atoms with E-state index in [1.54, 1.807) is 18.2 Å². The molecule has 0 radical (unpaired) electrons. The lowest BCUT2D eigenvalue weighted by Gasteiger charge is -1.98. The van der Waals surface area contributed by atoms with Crippen LogP contribution in [0, 0.1) is 10.1 Å². The van der Waals surface area contributed by atoms with Gasteiger partial charge in [-0.25, -0.2) is 0 Å². The van der Waals surface area contributed by atoms with Crippen molar-refractivity contribution >= 4 is 28.9 Å². The maximum atomic E-state index is 11.9. The predicted octanol–water partition coefficient (Wildman–Crippen LogP) is 3.09. The molecule has 0 unspecified atom stereocenters. The van der Waals surface area contributed by atoms with Crippen LogP contribution < -0.4 is 5.32 Å². The molecule has 20 heavy (non-hydrogen) atoms. The summed E-state index contributed by atoms with van der Waals surface area (Å²) in [6.07, 6.45) is 1.66. The van der Waals surface area contributed by atoms with Crippen molar-refractivity contribution in [3.63, 3.8) is 0 Å². The zero-order valence-electron chi connectivity index (χ0n) is 10.4. The standard InChI is InChI=1S/C15H10N2O3/c18-15-13(12-6-1-2-7-14(12)16-15)9-10-4-3-5-11(8-10)17(19)20/h1-9H,(H,16,18)/b13-9-. The number of fused-ring (bicyclic) bond motifs is 1. The Labute approximate surface area is 114 Å². The van der Waals surface area contributed by atoms with E-state index >= 15 is 0 Å². The van der Waals surface area contributed by atoms with Gasteiger partial charge in [0.2, 0.25) is 0 Å². The highest BCUT2D eigenvalue weighted by atomic mass is 16.6. The van der Waals surface area contributed by atoms with Crippen molar-refractivity contribution in [1.82, 2.24) is 0 Å². The molecule has 0 saturated carbocycles. The van der Waals surface area contributed by atoms with E-state index in [1.807, 2.05) is 24.3 Å². The molecular formula is C15H10N2O3. The summed E-state index contributed by atoms with van der Waals surface area (Å²) in [5.74, 6) is -0.197. The number of nitrogens with one attached hydrogen (secondary N) is 1. The Hall–Kier alpha value is -2.95. The van der Waals surface area contributed by atoms with E-state index in [0.29, 0.717) is 11.1 Å². The number of carbonyl (C=O) groups is 1. The number of rotatable bonds is 2. The van der Waals surface area contributed by atoms with Crippen molar-refractivity contribution in [1.29, 1.82) is 0 Å². The first-order chi connectivity index (χ1) is 9.65. The lowest BCUT2D eigenvalue weighted by atomic mass is 10.0. The molecule has 0 fully saturated rings. The van der Waals surface area contributed by atoms with Crippen LogP contribution >= 0.6 is 0 Å². The lowest BCUT2D eigenvalue weighted by molar-refractivity contribution is -0.384. The Morgan fingerprint density at radius 1 is 1.10 bits per heavy atom. The Kier molecular flexibility index (Phi) is 2.80. The highest BCUT2D eigenvalue weighted by Gasteiger charge is 2.23. The molecule has 0 aliphatic carbocycles. The first-order valence-electron chi connectivity index (χ1n) is 6.02. The maximum Gasteiger partial charge on any atom is 0.270 e. The van der Waals surface area contributed by atoms with Crippen LogP contribution in [0.1, 0.15) is 11.1 Å². The number of non-ortho nitro benzene ring substituents is 1. The van der Waals surface area contributed by atoms with Crippen LogP contribution in [0.3, 0.4) is 0 Å². The molecule has 1 N–H and O–H groups in total. The number of para-hydroxylation sites is 1. The number of amides is 1. The van der Waals surface area contributed by atoms with E-state index in [9.17, 15) is 14.9 Å². The molecule has 0 spiro atoms. The molecule has 0 aromatic heterocycles. The van der Waals surface area contributed by atoms with Crippen molar-refractivity contribution in [2.75, 3.05) is 5.32 Å². The van der Waals surface area contributed by atoms with Crippen LogP contribution in [0.2, 0.25) is 0 Å². The molecule has 2 aromatic carbocycles. The van der Waals surface area contributed by atoms with Gasteiger partial charge >= 0.3 is 0 Å². The van der Waals surface area contributed by atoms with Gasteiger partial charge in [-0.3, -0.25) is 14.9 Å². The summed E-state index contributed by atoms with van der Waals surface area (Å²) >= 11 is 0. The summed E-state index contributed by atoms with van der Waals surface area (Å²) in [6.45, 7) is 0. The molecule has 5 nitrogen and oxygen atoms in total. The molecular weight excluding hydrogens is 256 g/mol. The SMILES string of the molecule is O=C1Nc2ccccc2/C1=C/c1cccc([N+](=O)[O-])c1. The Bertz CT molecular complexity index is 750. The van der Waals surface area contributed by atoms with Gasteiger partial charge in [-0.2, -0.15) is 0 Å². The van der Waals surface area contributed by atoms with Gasteiger partial charge in [-0.1, -0.05) is 30.3 Å². The zero-order valence-corrected chi connectivity index (χ0v) is 10.4. The maximum absolute atomic E-state index is 11.9. The molecule has 5 heteroatoms. The molecule has 1 aliphatic heterocycles. The van der Waals surface area contributed by atoms with Gasteiger partial charge in [0.05, 0.1) is 4.92 Å². The smallest absolute Gasteiger partial charge is 0.270 e. The summed E-state index contributed by atoms with van der Waals surface area (Å²) in [5, 5.41) is 13.5. The monoisotopic (exact) mass is 266 g/mol. The van der Waals surface area contributed by atoms with Crippen LogP contribution in [0.15, 0.2) is 48.5 Å². The van der Waals surface area contributed by atoms with E-state index in [2.05, 4.69) is 5.32 Å². The second kappa shape index (κ2) is 4.62. The number of carbonyl (C=O) groups excluding carboxylic acids is 1. The van der Waals surface area contributed by atoms with Gasteiger partial charge in [0, 0.05) is 29.0 Å². The van der Waals surface area contributed by atoms with E-state index in [1.165, 1.54) is 12.1 Å². The number of nitro groups is 1. The average molecular weight is 266 g/mol. The van der Waals surface area contributed by atoms with Crippen molar-refractivity contribution in [2.24, 2.45) is 0 Å². The minimum Gasteiger partial charge on any atom is -0.321 e. The van der Waals surface area contributed by atoms with Crippen LogP contribution in [0.5, 0.6) is 0 Å². The fourth-order valence-corrected chi connectivity index (χ4v) is 2.18. The summed E-state index contributed by atoms with van der Waals surface area (Å²) in [7, 11) is 0. The van der Waals surface area contributed by atoms with Crippen LogP contribution in [-0.4, -0.2) is 10.8 Å². The quantitative estimate of drug-likeness (QED) is 0.515. The molecule has 1 aliphatic rings. The minimum absolute atomic E-state index is 0.00559. The van der Waals surface area contributed by atoms with Crippen molar-refractivity contribution < 1.29 is 9.72 Å². The van der Waals surface area contributed by atoms with Crippen molar-refractivity contribution in [3.8, 4) is 0 Å². The van der Waals surface area contributed by atoms with E-state index < -0.39 is 4.92 Å².